The van der Waals surface area contributed by atoms with Gasteiger partial charge in [-0.3, -0.25) is 4.79 Å². The molecule has 0 aliphatic heterocycles. The van der Waals surface area contributed by atoms with Crippen LogP contribution >= 0.6 is 24.8 Å². The van der Waals surface area contributed by atoms with Crippen molar-refractivity contribution >= 4 is 35.3 Å². The standard InChI is InChI=1S/C5H11NOS.CH3NOS/c1-4(2)3-7-5(6)8;2-1(3)4/h4H,3H2,1-2H3,(H2,6,8);(H3,2,3,4). The number of carbonyl (C=O) groups is 1. The van der Waals surface area contributed by atoms with Crippen molar-refractivity contribution in [1.82, 2.24) is 0 Å². The van der Waals surface area contributed by atoms with Crippen molar-refractivity contribution in [3.05, 3.63) is 0 Å². The molecule has 0 radical (unpaired) electrons. The molecule has 0 aliphatic carbocycles. The minimum Gasteiger partial charge on any atom is -0.471 e. The summed E-state index contributed by atoms with van der Waals surface area (Å²) in [7, 11) is 0. The minimum absolute atomic E-state index is 0.138. The number of amides is 1. The Morgan fingerprint density at radius 2 is 1.92 bits per heavy atom. The molecule has 0 heterocycles. The number of hydrogen-bond acceptors (Lipinski definition) is 3. The van der Waals surface area contributed by atoms with Crippen LogP contribution in [0.1, 0.15) is 13.8 Å². The van der Waals surface area contributed by atoms with Crippen LogP contribution in [0.2, 0.25) is 0 Å². The van der Waals surface area contributed by atoms with Crippen LogP contribution in [-0.2, 0) is 4.74 Å². The van der Waals surface area contributed by atoms with Gasteiger partial charge in [-0.2, -0.15) is 0 Å². The van der Waals surface area contributed by atoms with Crippen molar-refractivity contribution in [3.8, 4) is 0 Å². The lowest BCUT2D eigenvalue weighted by molar-refractivity contribution is 0.262. The number of nitrogens with two attached hydrogens (primary N) is 2. The van der Waals surface area contributed by atoms with E-state index in [1.807, 2.05) is 13.8 Å². The summed E-state index contributed by atoms with van der Waals surface area (Å²) in [5, 5.41) is -0.501. The van der Waals surface area contributed by atoms with E-state index < -0.39 is 5.24 Å². The van der Waals surface area contributed by atoms with Gasteiger partial charge in [-0.05, 0) is 18.1 Å². The normalized spacial score (nSPS) is 8.33. The molecule has 0 aromatic carbocycles. The summed E-state index contributed by atoms with van der Waals surface area (Å²) in [4.78, 5) is 9.09. The summed E-state index contributed by atoms with van der Waals surface area (Å²) in [6, 6.07) is 0. The van der Waals surface area contributed by atoms with Gasteiger partial charge >= 0.3 is 0 Å². The Bertz CT molecular complexity index is 146. The lowest BCUT2D eigenvalue weighted by Gasteiger charge is -2.04. The number of carbonyl (C=O) groups excluding carboxylic acids is 1. The van der Waals surface area contributed by atoms with Gasteiger partial charge in [0.05, 0.1) is 6.61 Å². The first-order valence-corrected chi connectivity index (χ1v) is 4.12. The zero-order valence-corrected chi connectivity index (χ0v) is 8.82. The van der Waals surface area contributed by atoms with E-state index in [1.54, 1.807) is 0 Å². The van der Waals surface area contributed by atoms with E-state index in [1.165, 1.54) is 0 Å². The maximum Gasteiger partial charge on any atom is 0.273 e. The van der Waals surface area contributed by atoms with Gasteiger partial charge in [0.1, 0.15) is 0 Å². The van der Waals surface area contributed by atoms with Crippen LogP contribution in [-0.4, -0.2) is 17.0 Å². The molecule has 0 aromatic heterocycles. The first kappa shape index (κ1) is 14.1. The highest BCUT2D eigenvalue weighted by Crippen LogP contribution is 1.90. The number of ether oxygens (including phenoxy) is 1. The highest BCUT2D eigenvalue weighted by Gasteiger charge is 1.92. The average Bonchev–Trinajstić information content (AvgIpc) is 1.82. The highest BCUT2D eigenvalue weighted by molar-refractivity contribution is 7.96. The van der Waals surface area contributed by atoms with E-state index >= 15 is 0 Å². The van der Waals surface area contributed by atoms with E-state index in [0.717, 1.165) is 0 Å². The van der Waals surface area contributed by atoms with E-state index in [2.05, 4.69) is 30.6 Å². The average molecular weight is 210 g/mol. The van der Waals surface area contributed by atoms with Crippen LogP contribution in [0, 0.1) is 5.92 Å². The van der Waals surface area contributed by atoms with E-state index in [9.17, 15) is 0 Å². The van der Waals surface area contributed by atoms with Gasteiger partial charge in [0.2, 0.25) is 0 Å². The van der Waals surface area contributed by atoms with Gasteiger partial charge in [-0.15, -0.1) is 0 Å². The Hall–Kier alpha value is -0.490. The molecule has 0 atom stereocenters. The first-order chi connectivity index (χ1) is 5.36. The maximum absolute atomic E-state index is 9.09. The molecule has 0 saturated carbocycles. The predicted octanol–water partition coefficient (Wildman–Crippen LogP) is 0.898. The van der Waals surface area contributed by atoms with Gasteiger partial charge in [0.25, 0.3) is 10.4 Å². The molecule has 12 heavy (non-hydrogen) atoms. The second-order valence-electron chi connectivity index (χ2n) is 2.36. The Morgan fingerprint density at radius 3 is 2.00 bits per heavy atom. The SMILES string of the molecule is CC(C)COC(N)=S.NC(=O)S. The summed E-state index contributed by atoms with van der Waals surface area (Å²) in [6.07, 6.45) is 0. The van der Waals surface area contributed by atoms with Gasteiger partial charge < -0.3 is 16.2 Å². The topological polar surface area (TPSA) is 78.3 Å². The lowest BCUT2D eigenvalue weighted by atomic mass is 10.2. The molecule has 0 rings (SSSR count). The molecule has 0 saturated heterocycles. The summed E-state index contributed by atoms with van der Waals surface area (Å²) in [5.41, 5.74) is 9.39. The molecule has 0 spiro atoms. The fourth-order valence-electron chi connectivity index (χ4n) is 0.249. The van der Waals surface area contributed by atoms with Crippen molar-refractivity contribution < 1.29 is 9.53 Å². The molecule has 0 aliphatic rings. The summed E-state index contributed by atoms with van der Waals surface area (Å²) >= 11 is 7.57. The van der Waals surface area contributed by atoms with Gasteiger partial charge in [0.15, 0.2) is 0 Å². The lowest BCUT2D eigenvalue weighted by Crippen LogP contribution is -2.15. The molecular formula is C6H14N2O2S2. The molecule has 0 bridgehead atoms. The Morgan fingerprint density at radius 1 is 1.58 bits per heavy atom. The van der Waals surface area contributed by atoms with Crippen LogP contribution < -0.4 is 11.5 Å². The van der Waals surface area contributed by atoms with Crippen molar-refractivity contribution in [2.75, 3.05) is 6.61 Å². The second-order valence-corrected chi connectivity index (χ2v) is 3.21. The van der Waals surface area contributed by atoms with E-state index in [-0.39, 0.29) is 5.17 Å². The summed E-state index contributed by atoms with van der Waals surface area (Å²) < 4.78 is 4.81. The first-order valence-electron chi connectivity index (χ1n) is 3.26. The number of rotatable bonds is 2. The number of hydrogen-bond donors (Lipinski definition) is 3. The summed E-state index contributed by atoms with van der Waals surface area (Å²) in [5.74, 6) is 0.497. The Kier molecular flexibility index (Phi) is 10.1. The van der Waals surface area contributed by atoms with Gasteiger partial charge in [-0.1, -0.05) is 26.5 Å². The second kappa shape index (κ2) is 8.61. The van der Waals surface area contributed by atoms with Crippen LogP contribution in [0.25, 0.3) is 0 Å². The number of thiocarbonyl (C=S) groups is 1. The maximum atomic E-state index is 9.09. The van der Waals surface area contributed by atoms with Gasteiger partial charge in [-0.25, -0.2) is 0 Å². The summed E-state index contributed by atoms with van der Waals surface area (Å²) in [6.45, 7) is 4.70. The predicted molar refractivity (Wildman–Crippen MR) is 56.1 cm³/mol. The fraction of sp³-hybridized carbons (Fsp3) is 0.667. The molecule has 72 valence electrons. The van der Waals surface area contributed by atoms with Crippen molar-refractivity contribution in [3.63, 3.8) is 0 Å². The molecule has 0 aromatic rings. The van der Waals surface area contributed by atoms with E-state index in [4.69, 9.17) is 15.3 Å². The molecule has 0 unspecified atom stereocenters. The minimum atomic E-state index is -0.639. The number of thiol groups is 1. The zero-order valence-electron chi connectivity index (χ0n) is 7.11. The highest BCUT2D eigenvalue weighted by atomic mass is 32.1. The van der Waals surface area contributed by atoms with Crippen LogP contribution in [0.3, 0.4) is 0 Å². The molecule has 1 amide bonds. The molecule has 4 N–H and O–H groups in total. The largest absolute Gasteiger partial charge is 0.471 e. The third kappa shape index (κ3) is 33.9. The third-order valence-corrected chi connectivity index (χ3v) is 0.677. The Balaban J connectivity index is 0. The molecule has 4 nitrogen and oxygen atoms in total. The smallest absolute Gasteiger partial charge is 0.273 e. The van der Waals surface area contributed by atoms with E-state index in [0.29, 0.717) is 12.5 Å². The fourth-order valence-corrected chi connectivity index (χ4v) is 0.317. The molecular weight excluding hydrogens is 196 g/mol. The monoisotopic (exact) mass is 210 g/mol. The number of primary amides is 1. The van der Waals surface area contributed by atoms with Crippen LogP contribution in [0.5, 0.6) is 0 Å². The van der Waals surface area contributed by atoms with Crippen LogP contribution in [0.15, 0.2) is 0 Å². The Labute approximate surface area is 83.0 Å². The quantitative estimate of drug-likeness (QED) is 0.467. The third-order valence-electron chi connectivity index (χ3n) is 0.559. The molecule has 0 fully saturated rings. The van der Waals surface area contributed by atoms with Crippen molar-refractivity contribution in [2.45, 2.75) is 13.8 Å². The van der Waals surface area contributed by atoms with Crippen LogP contribution in [0.4, 0.5) is 4.79 Å². The van der Waals surface area contributed by atoms with Gasteiger partial charge in [0, 0.05) is 0 Å². The zero-order chi connectivity index (χ0) is 10.1. The van der Waals surface area contributed by atoms with Crippen molar-refractivity contribution in [2.24, 2.45) is 17.4 Å². The molecule has 6 heteroatoms. The van der Waals surface area contributed by atoms with Crippen molar-refractivity contribution in [1.29, 1.82) is 0 Å².